The molecule has 0 radical (unpaired) electrons. The molecule has 1 aromatic carbocycles. The van der Waals surface area contributed by atoms with Crippen molar-refractivity contribution in [3.8, 4) is 0 Å². The molecule has 6 nitrogen and oxygen atoms in total. The van der Waals surface area contributed by atoms with Crippen LogP contribution < -0.4 is 5.32 Å². The molecule has 0 aliphatic carbocycles. The SMILES string of the molecule is COC(=O)c1cn(C)c2c(Br)cc(NC(=O)OC(C)(C)C)cc12. The van der Waals surface area contributed by atoms with Gasteiger partial charge < -0.3 is 14.0 Å². The fourth-order valence-corrected chi connectivity index (χ4v) is 3.00. The number of aryl methyl sites for hydroxylation is 1. The maximum atomic E-state index is 11.9. The standard InChI is InChI=1S/C16H19BrN2O4/c1-16(2,3)23-15(21)18-9-6-10-11(14(20)22-5)8-19(4)13(10)12(17)7-9/h6-8H,1-5H3,(H,18,21). The number of ether oxygens (including phenoxy) is 2. The summed E-state index contributed by atoms with van der Waals surface area (Å²) >= 11 is 3.47. The van der Waals surface area contributed by atoms with Crippen LogP contribution in [0.4, 0.5) is 10.5 Å². The molecule has 2 rings (SSSR count). The summed E-state index contributed by atoms with van der Waals surface area (Å²) in [5, 5.41) is 3.35. The number of fused-ring (bicyclic) bond motifs is 1. The van der Waals surface area contributed by atoms with E-state index in [0.29, 0.717) is 16.6 Å². The van der Waals surface area contributed by atoms with Crippen molar-refractivity contribution in [1.82, 2.24) is 4.57 Å². The Balaban J connectivity index is 2.44. The summed E-state index contributed by atoms with van der Waals surface area (Å²) in [5.41, 5.74) is 1.20. The second-order valence-corrected chi connectivity index (χ2v) is 6.98. The van der Waals surface area contributed by atoms with Crippen molar-refractivity contribution >= 4 is 44.6 Å². The van der Waals surface area contributed by atoms with E-state index in [1.54, 1.807) is 39.1 Å². The lowest BCUT2D eigenvalue weighted by atomic mass is 10.1. The maximum absolute atomic E-state index is 11.9. The van der Waals surface area contributed by atoms with Gasteiger partial charge in [-0.2, -0.15) is 0 Å². The van der Waals surface area contributed by atoms with Gasteiger partial charge in [-0.15, -0.1) is 0 Å². The van der Waals surface area contributed by atoms with E-state index in [2.05, 4.69) is 21.2 Å². The molecule has 1 N–H and O–H groups in total. The molecule has 0 saturated carbocycles. The summed E-state index contributed by atoms with van der Waals surface area (Å²) in [6.45, 7) is 5.37. The number of carbonyl (C=O) groups excluding carboxylic acids is 2. The minimum absolute atomic E-state index is 0.429. The Bertz CT molecular complexity index is 774. The van der Waals surface area contributed by atoms with Gasteiger partial charge in [0.1, 0.15) is 5.60 Å². The van der Waals surface area contributed by atoms with E-state index in [1.165, 1.54) is 7.11 Å². The third kappa shape index (κ3) is 3.85. The van der Waals surface area contributed by atoms with Crippen molar-refractivity contribution in [2.75, 3.05) is 12.4 Å². The van der Waals surface area contributed by atoms with Gasteiger partial charge in [0.05, 0.1) is 18.2 Å². The molecule has 0 unspecified atom stereocenters. The largest absolute Gasteiger partial charge is 0.465 e. The normalized spacial score (nSPS) is 11.4. The predicted octanol–water partition coefficient (Wildman–Crippen LogP) is 4.07. The van der Waals surface area contributed by atoms with Gasteiger partial charge in [0.25, 0.3) is 0 Å². The number of benzene rings is 1. The van der Waals surface area contributed by atoms with Crippen LogP contribution in [-0.4, -0.2) is 29.3 Å². The number of rotatable bonds is 2. The first kappa shape index (κ1) is 17.3. The van der Waals surface area contributed by atoms with Crippen molar-refractivity contribution in [2.45, 2.75) is 26.4 Å². The van der Waals surface area contributed by atoms with Crippen LogP contribution in [-0.2, 0) is 16.5 Å². The molecule has 0 saturated heterocycles. The highest BCUT2D eigenvalue weighted by Crippen LogP contribution is 2.32. The van der Waals surface area contributed by atoms with Gasteiger partial charge in [-0.25, -0.2) is 9.59 Å². The Labute approximate surface area is 142 Å². The Morgan fingerprint density at radius 2 is 1.91 bits per heavy atom. The Morgan fingerprint density at radius 3 is 2.48 bits per heavy atom. The number of methoxy groups -OCH3 is 1. The van der Waals surface area contributed by atoms with E-state index in [4.69, 9.17) is 9.47 Å². The number of amides is 1. The second kappa shape index (κ2) is 6.23. The van der Waals surface area contributed by atoms with Crippen LogP contribution in [0.1, 0.15) is 31.1 Å². The summed E-state index contributed by atoms with van der Waals surface area (Å²) < 4.78 is 12.6. The van der Waals surface area contributed by atoms with Crippen molar-refractivity contribution in [1.29, 1.82) is 0 Å². The third-order valence-corrected chi connectivity index (χ3v) is 3.68. The first-order chi connectivity index (χ1) is 10.6. The maximum Gasteiger partial charge on any atom is 0.412 e. The molecule has 0 fully saturated rings. The number of anilines is 1. The van der Waals surface area contributed by atoms with Crippen LogP contribution in [0.3, 0.4) is 0 Å². The van der Waals surface area contributed by atoms with Gasteiger partial charge >= 0.3 is 12.1 Å². The summed E-state index contributed by atoms with van der Waals surface area (Å²) in [5.74, 6) is -0.433. The van der Waals surface area contributed by atoms with Crippen LogP contribution in [0.15, 0.2) is 22.8 Å². The number of nitrogens with zero attached hydrogens (tertiary/aromatic N) is 1. The number of nitrogens with one attached hydrogen (secondary N) is 1. The highest BCUT2D eigenvalue weighted by molar-refractivity contribution is 9.10. The number of carbonyl (C=O) groups is 2. The topological polar surface area (TPSA) is 69.6 Å². The molecule has 1 heterocycles. The molecule has 0 aliphatic rings. The molecule has 7 heteroatoms. The fourth-order valence-electron chi connectivity index (χ4n) is 2.26. The molecular formula is C16H19BrN2O4. The lowest BCUT2D eigenvalue weighted by Crippen LogP contribution is -2.27. The summed E-state index contributed by atoms with van der Waals surface area (Å²) in [6.07, 6.45) is 1.14. The summed E-state index contributed by atoms with van der Waals surface area (Å²) in [6, 6.07) is 3.48. The quantitative estimate of drug-likeness (QED) is 0.794. The fraction of sp³-hybridized carbons (Fsp3) is 0.375. The zero-order chi connectivity index (χ0) is 17.4. The lowest BCUT2D eigenvalue weighted by Gasteiger charge is -2.19. The van der Waals surface area contributed by atoms with Gasteiger partial charge in [0.2, 0.25) is 0 Å². The van der Waals surface area contributed by atoms with Gasteiger partial charge in [0, 0.05) is 28.8 Å². The second-order valence-electron chi connectivity index (χ2n) is 6.13. The molecule has 0 spiro atoms. The lowest BCUT2D eigenvalue weighted by molar-refractivity contribution is 0.0600. The van der Waals surface area contributed by atoms with E-state index in [-0.39, 0.29) is 0 Å². The van der Waals surface area contributed by atoms with Crippen molar-refractivity contribution in [3.63, 3.8) is 0 Å². The Morgan fingerprint density at radius 1 is 1.26 bits per heavy atom. The number of esters is 1. The Kier molecular flexibility index (Phi) is 4.70. The molecule has 0 bridgehead atoms. The summed E-state index contributed by atoms with van der Waals surface area (Å²) in [4.78, 5) is 23.8. The third-order valence-electron chi connectivity index (χ3n) is 3.08. The van der Waals surface area contributed by atoms with Crippen LogP contribution in [0.5, 0.6) is 0 Å². The first-order valence-electron chi connectivity index (χ1n) is 6.99. The van der Waals surface area contributed by atoms with Crippen LogP contribution in [0, 0.1) is 0 Å². The minimum atomic E-state index is -0.588. The van der Waals surface area contributed by atoms with Crippen LogP contribution >= 0.6 is 15.9 Å². The number of hydrogen-bond acceptors (Lipinski definition) is 4. The zero-order valence-electron chi connectivity index (χ0n) is 13.7. The average Bonchev–Trinajstić information content (AvgIpc) is 2.73. The van der Waals surface area contributed by atoms with Crippen molar-refractivity contribution in [2.24, 2.45) is 7.05 Å². The molecule has 0 atom stereocenters. The Hall–Kier alpha value is -2.02. The molecule has 124 valence electrons. The van der Waals surface area contributed by atoms with Crippen molar-refractivity contribution < 1.29 is 19.1 Å². The monoisotopic (exact) mass is 382 g/mol. The summed E-state index contributed by atoms with van der Waals surface area (Å²) in [7, 11) is 3.17. The molecule has 1 amide bonds. The van der Waals surface area contributed by atoms with Crippen LogP contribution in [0.2, 0.25) is 0 Å². The first-order valence-corrected chi connectivity index (χ1v) is 7.78. The van der Waals surface area contributed by atoms with E-state index in [1.807, 2.05) is 11.6 Å². The van der Waals surface area contributed by atoms with E-state index >= 15 is 0 Å². The molecular weight excluding hydrogens is 364 g/mol. The number of aromatic nitrogens is 1. The smallest absolute Gasteiger partial charge is 0.412 e. The van der Waals surface area contributed by atoms with Gasteiger partial charge in [-0.3, -0.25) is 5.32 Å². The average molecular weight is 383 g/mol. The van der Waals surface area contributed by atoms with Gasteiger partial charge in [-0.1, -0.05) is 0 Å². The highest BCUT2D eigenvalue weighted by Gasteiger charge is 2.19. The predicted molar refractivity (Wildman–Crippen MR) is 91.8 cm³/mol. The molecule has 0 aliphatic heterocycles. The number of hydrogen-bond donors (Lipinski definition) is 1. The highest BCUT2D eigenvalue weighted by atomic mass is 79.9. The van der Waals surface area contributed by atoms with Crippen molar-refractivity contribution in [3.05, 3.63) is 28.4 Å². The zero-order valence-corrected chi connectivity index (χ0v) is 15.3. The minimum Gasteiger partial charge on any atom is -0.465 e. The molecule has 1 aromatic heterocycles. The number of halogens is 1. The molecule has 23 heavy (non-hydrogen) atoms. The van der Waals surface area contributed by atoms with Gasteiger partial charge in [-0.05, 0) is 48.8 Å². The van der Waals surface area contributed by atoms with E-state index in [0.717, 1.165) is 9.99 Å². The van der Waals surface area contributed by atoms with E-state index < -0.39 is 17.7 Å². The van der Waals surface area contributed by atoms with Gasteiger partial charge in [0.15, 0.2) is 0 Å². The molecule has 2 aromatic rings. The van der Waals surface area contributed by atoms with E-state index in [9.17, 15) is 9.59 Å². The van der Waals surface area contributed by atoms with Crippen LogP contribution in [0.25, 0.3) is 10.9 Å².